The van der Waals surface area contributed by atoms with Crippen molar-refractivity contribution in [3.63, 3.8) is 0 Å². The van der Waals surface area contributed by atoms with E-state index in [0.717, 1.165) is 59.7 Å². The summed E-state index contributed by atoms with van der Waals surface area (Å²) in [6.07, 6.45) is 0.974. The third-order valence-corrected chi connectivity index (χ3v) is 6.46. The number of nitrogens with zero attached hydrogens (tertiary/aromatic N) is 2. The van der Waals surface area contributed by atoms with Gasteiger partial charge in [0.05, 0.1) is 37.4 Å². The Morgan fingerprint density at radius 1 is 0.778 bits per heavy atom. The van der Waals surface area contributed by atoms with Gasteiger partial charge in [0.15, 0.2) is 0 Å². The number of ether oxygens (including phenoxy) is 4. The highest BCUT2D eigenvalue weighted by Crippen LogP contribution is 2.39. The lowest BCUT2D eigenvalue weighted by atomic mass is 10.1. The first kappa shape index (κ1) is 23.9. The fourth-order valence-corrected chi connectivity index (χ4v) is 4.60. The maximum Gasteiger partial charge on any atom is 0.135 e. The minimum atomic E-state index is 0.561. The second kappa shape index (κ2) is 10.9. The molecule has 1 aromatic heterocycles. The van der Waals surface area contributed by atoms with E-state index in [-0.39, 0.29) is 0 Å². The molecule has 0 unspecified atom stereocenters. The summed E-state index contributed by atoms with van der Waals surface area (Å²) in [6, 6.07) is 22.4. The number of pyridine rings is 1. The summed E-state index contributed by atoms with van der Waals surface area (Å²) in [5.41, 5.74) is 5.37. The van der Waals surface area contributed by atoms with Gasteiger partial charge >= 0.3 is 0 Å². The van der Waals surface area contributed by atoms with E-state index in [2.05, 4.69) is 36.1 Å². The van der Waals surface area contributed by atoms with Crippen molar-refractivity contribution in [3.05, 3.63) is 77.9 Å². The molecule has 1 aliphatic heterocycles. The molecule has 186 valence electrons. The molecule has 0 aliphatic carbocycles. The van der Waals surface area contributed by atoms with Crippen LogP contribution in [0, 0.1) is 0 Å². The summed E-state index contributed by atoms with van der Waals surface area (Å²) in [6.45, 7) is 6.10. The van der Waals surface area contributed by atoms with E-state index in [1.165, 1.54) is 11.1 Å². The van der Waals surface area contributed by atoms with Crippen LogP contribution in [0.1, 0.15) is 24.5 Å². The van der Waals surface area contributed by atoms with Gasteiger partial charge in [0.1, 0.15) is 29.6 Å². The van der Waals surface area contributed by atoms with Crippen molar-refractivity contribution in [2.75, 3.05) is 34.0 Å². The molecule has 5 rings (SSSR count). The lowest BCUT2D eigenvalue weighted by Crippen LogP contribution is -2.23. The summed E-state index contributed by atoms with van der Waals surface area (Å²) >= 11 is 0. The average Bonchev–Trinajstić information content (AvgIpc) is 3.34. The van der Waals surface area contributed by atoms with Crippen molar-refractivity contribution < 1.29 is 18.9 Å². The van der Waals surface area contributed by atoms with Gasteiger partial charge < -0.3 is 18.9 Å². The summed E-state index contributed by atoms with van der Waals surface area (Å²) in [5, 5.41) is 0.842. The molecule has 0 saturated heterocycles. The number of aromatic nitrogens is 1. The number of hydrogen-bond acceptors (Lipinski definition) is 6. The van der Waals surface area contributed by atoms with Crippen molar-refractivity contribution in [1.82, 2.24) is 9.88 Å². The minimum Gasteiger partial charge on any atom is -0.497 e. The first-order chi connectivity index (χ1) is 17.7. The number of fused-ring (bicyclic) bond motifs is 2. The first-order valence-corrected chi connectivity index (χ1v) is 12.4. The van der Waals surface area contributed by atoms with Gasteiger partial charge in [-0.1, -0.05) is 31.2 Å². The quantitative estimate of drug-likeness (QED) is 0.271. The number of rotatable bonds is 10. The van der Waals surface area contributed by atoms with Gasteiger partial charge in [-0.2, -0.15) is 0 Å². The normalized spacial score (nSPS) is 13.0. The summed E-state index contributed by atoms with van der Waals surface area (Å²) < 4.78 is 23.4. The van der Waals surface area contributed by atoms with Gasteiger partial charge in [-0.05, 0) is 41.8 Å². The lowest BCUT2D eigenvalue weighted by Gasteiger charge is -2.18. The van der Waals surface area contributed by atoms with Gasteiger partial charge in [0.2, 0.25) is 0 Å². The zero-order valence-electron chi connectivity index (χ0n) is 21.1. The van der Waals surface area contributed by atoms with E-state index in [9.17, 15) is 0 Å². The van der Waals surface area contributed by atoms with Crippen LogP contribution in [0.3, 0.4) is 0 Å². The molecule has 36 heavy (non-hydrogen) atoms. The zero-order chi connectivity index (χ0) is 24.9. The molecule has 0 amide bonds. The Hall–Kier alpha value is -3.77. The molecular weight excluding hydrogens is 452 g/mol. The molecule has 0 N–H and O–H groups in total. The highest BCUT2D eigenvalue weighted by atomic mass is 16.5. The topological polar surface area (TPSA) is 53.1 Å². The van der Waals surface area contributed by atoms with Gasteiger partial charge in [0, 0.05) is 43.4 Å². The van der Waals surface area contributed by atoms with Crippen LogP contribution in [-0.4, -0.2) is 43.9 Å². The second-order valence-electron chi connectivity index (χ2n) is 8.93. The summed E-state index contributed by atoms with van der Waals surface area (Å²) in [4.78, 5) is 7.34. The molecule has 0 spiro atoms. The molecule has 4 aromatic rings. The third kappa shape index (κ3) is 5.09. The Bertz CT molecular complexity index is 1310. The lowest BCUT2D eigenvalue weighted by molar-refractivity contribution is 0.212. The van der Waals surface area contributed by atoms with Gasteiger partial charge in [-0.3, -0.25) is 4.90 Å². The van der Waals surface area contributed by atoms with E-state index < -0.39 is 0 Å². The molecule has 0 atom stereocenters. The Kier molecular flexibility index (Phi) is 7.23. The predicted molar refractivity (Wildman–Crippen MR) is 142 cm³/mol. The number of hydrogen-bond donors (Lipinski definition) is 0. The maximum atomic E-state index is 6.41. The smallest absolute Gasteiger partial charge is 0.135 e. The Balaban J connectivity index is 1.43. The molecule has 0 fully saturated rings. The molecule has 1 aliphatic rings. The Morgan fingerprint density at radius 2 is 1.53 bits per heavy atom. The molecule has 2 heterocycles. The molecule has 0 bridgehead atoms. The standard InChI is InChI=1S/C30H32N2O4/c1-4-14-35-24-11-9-21(10-12-24)26-18-29(30-27(31-26)16-25(33-2)17-28(30)34-3)36-15-13-32-19-22-7-5-6-8-23(22)20-32/h5-12,16-18H,4,13-15,19-20H2,1-3H3. The monoisotopic (exact) mass is 484 g/mol. The highest BCUT2D eigenvalue weighted by Gasteiger charge is 2.19. The molecule has 0 radical (unpaired) electrons. The fourth-order valence-electron chi connectivity index (χ4n) is 4.60. The fraction of sp³-hybridized carbons (Fsp3) is 0.300. The zero-order valence-corrected chi connectivity index (χ0v) is 21.1. The minimum absolute atomic E-state index is 0.561. The number of benzene rings is 3. The van der Waals surface area contributed by atoms with Crippen LogP contribution in [0.25, 0.3) is 22.2 Å². The van der Waals surface area contributed by atoms with Crippen molar-refractivity contribution in [2.45, 2.75) is 26.4 Å². The summed E-state index contributed by atoms with van der Waals surface area (Å²) in [7, 11) is 3.30. The third-order valence-electron chi connectivity index (χ3n) is 6.46. The number of methoxy groups -OCH3 is 2. The van der Waals surface area contributed by atoms with Crippen molar-refractivity contribution >= 4 is 10.9 Å². The maximum absolute atomic E-state index is 6.41. The molecule has 3 aromatic carbocycles. The van der Waals surface area contributed by atoms with E-state index >= 15 is 0 Å². The van der Waals surface area contributed by atoms with Crippen molar-refractivity contribution in [3.8, 4) is 34.3 Å². The van der Waals surface area contributed by atoms with E-state index in [0.29, 0.717) is 24.7 Å². The van der Waals surface area contributed by atoms with Gasteiger partial charge in [-0.15, -0.1) is 0 Å². The van der Waals surface area contributed by atoms with Crippen LogP contribution < -0.4 is 18.9 Å². The highest BCUT2D eigenvalue weighted by molar-refractivity contribution is 5.94. The van der Waals surface area contributed by atoms with Crippen LogP contribution in [-0.2, 0) is 13.1 Å². The van der Waals surface area contributed by atoms with Crippen LogP contribution in [0.4, 0.5) is 0 Å². The van der Waals surface area contributed by atoms with E-state index in [1.54, 1.807) is 14.2 Å². The van der Waals surface area contributed by atoms with Gasteiger partial charge in [-0.25, -0.2) is 4.98 Å². The van der Waals surface area contributed by atoms with Crippen molar-refractivity contribution in [1.29, 1.82) is 0 Å². The summed E-state index contributed by atoms with van der Waals surface area (Å²) in [5.74, 6) is 2.97. The van der Waals surface area contributed by atoms with Crippen LogP contribution in [0.15, 0.2) is 66.7 Å². The van der Waals surface area contributed by atoms with Gasteiger partial charge in [0.25, 0.3) is 0 Å². The average molecular weight is 485 g/mol. The van der Waals surface area contributed by atoms with Crippen LogP contribution >= 0.6 is 0 Å². The van der Waals surface area contributed by atoms with Crippen LogP contribution in [0.2, 0.25) is 0 Å². The van der Waals surface area contributed by atoms with Crippen LogP contribution in [0.5, 0.6) is 23.0 Å². The van der Waals surface area contributed by atoms with Crippen molar-refractivity contribution in [2.24, 2.45) is 0 Å². The molecule has 0 saturated carbocycles. The first-order valence-electron chi connectivity index (χ1n) is 12.4. The second-order valence-corrected chi connectivity index (χ2v) is 8.93. The van der Waals surface area contributed by atoms with E-state index in [1.807, 2.05) is 42.5 Å². The molecule has 6 heteroatoms. The SMILES string of the molecule is CCCOc1ccc(-c2cc(OCCN3Cc4ccccc4C3)c3c(OC)cc(OC)cc3n2)cc1. The molecular formula is C30H32N2O4. The predicted octanol–water partition coefficient (Wildman–Crippen LogP) is 6.10. The largest absolute Gasteiger partial charge is 0.497 e. The van der Waals surface area contributed by atoms with E-state index in [4.69, 9.17) is 23.9 Å². The molecule has 6 nitrogen and oxygen atoms in total. The Labute approximate surface area is 212 Å². The Morgan fingerprint density at radius 3 is 2.19 bits per heavy atom.